The zero-order valence-corrected chi connectivity index (χ0v) is 14.8. The fraction of sp³-hybridized carbons (Fsp3) is 0.529. The van der Waals surface area contributed by atoms with Crippen molar-refractivity contribution in [3.05, 3.63) is 24.3 Å². The zero-order valence-electron chi connectivity index (χ0n) is 14.0. The SMILES string of the molecule is CC1Oc2ccccc2N(CCC(=O)N2CCNC[C@H]2C)C1=O.Cl. The summed E-state index contributed by atoms with van der Waals surface area (Å²) >= 11 is 0. The lowest BCUT2D eigenvalue weighted by molar-refractivity contribution is -0.133. The van der Waals surface area contributed by atoms with Gasteiger partial charge in [0.2, 0.25) is 5.91 Å². The maximum Gasteiger partial charge on any atom is 0.267 e. The molecule has 7 heteroatoms. The van der Waals surface area contributed by atoms with Crippen molar-refractivity contribution in [3.63, 3.8) is 0 Å². The van der Waals surface area contributed by atoms with Gasteiger partial charge in [-0.1, -0.05) is 12.1 Å². The molecule has 1 aromatic carbocycles. The average Bonchev–Trinajstić information content (AvgIpc) is 2.55. The Labute approximate surface area is 148 Å². The summed E-state index contributed by atoms with van der Waals surface area (Å²) in [6, 6.07) is 7.66. The molecular formula is C17H24ClN3O3. The minimum Gasteiger partial charge on any atom is -0.479 e. The highest BCUT2D eigenvalue weighted by molar-refractivity contribution is 6.00. The van der Waals surface area contributed by atoms with Gasteiger partial charge in [0.15, 0.2) is 6.10 Å². The van der Waals surface area contributed by atoms with Gasteiger partial charge in [-0.3, -0.25) is 9.59 Å². The van der Waals surface area contributed by atoms with Crippen LogP contribution in [0, 0.1) is 0 Å². The molecule has 1 unspecified atom stereocenters. The molecule has 0 saturated carbocycles. The molecular weight excluding hydrogens is 330 g/mol. The van der Waals surface area contributed by atoms with E-state index in [-0.39, 0.29) is 30.3 Å². The number of hydrogen-bond donors (Lipinski definition) is 1. The molecule has 2 heterocycles. The number of ether oxygens (including phenoxy) is 1. The Morgan fingerprint density at radius 3 is 2.83 bits per heavy atom. The highest BCUT2D eigenvalue weighted by atomic mass is 35.5. The number of carbonyl (C=O) groups excluding carboxylic acids is 2. The Kier molecular flexibility index (Phi) is 6.07. The van der Waals surface area contributed by atoms with E-state index in [0.717, 1.165) is 25.3 Å². The summed E-state index contributed by atoms with van der Waals surface area (Å²) in [5.74, 6) is 0.705. The Balaban J connectivity index is 0.00000208. The van der Waals surface area contributed by atoms with Gasteiger partial charge in [0.25, 0.3) is 5.91 Å². The first-order valence-electron chi connectivity index (χ1n) is 8.15. The molecule has 1 aromatic rings. The van der Waals surface area contributed by atoms with Crippen LogP contribution in [0.1, 0.15) is 20.3 Å². The zero-order chi connectivity index (χ0) is 16.4. The van der Waals surface area contributed by atoms with Gasteiger partial charge >= 0.3 is 0 Å². The molecule has 1 N–H and O–H groups in total. The lowest BCUT2D eigenvalue weighted by atomic mass is 10.1. The van der Waals surface area contributed by atoms with Crippen LogP contribution in [0.25, 0.3) is 0 Å². The lowest BCUT2D eigenvalue weighted by Gasteiger charge is -2.36. The van der Waals surface area contributed by atoms with Gasteiger partial charge < -0.3 is 19.9 Å². The molecule has 132 valence electrons. The second-order valence-electron chi connectivity index (χ2n) is 6.11. The Morgan fingerprint density at radius 1 is 1.33 bits per heavy atom. The second kappa shape index (κ2) is 7.85. The van der Waals surface area contributed by atoms with Crippen LogP contribution in [-0.2, 0) is 9.59 Å². The van der Waals surface area contributed by atoms with Crippen LogP contribution in [-0.4, -0.2) is 55.0 Å². The second-order valence-corrected chi connectivity index (χ2v) is 6.11. The first-order chi connectivity index (χ1) is 11.1. The van der Waals surface area contributed by atoms with Gasteiger partial charge in [0, 0.05) is 38.6 Å². The normalized spacial score (nSPS) is 23.2. The highest BCUT2D eigenvalue weighted by Crippen LogP contribution is 2.33. The number of halogens is 1. The number of amides is 2. The van der Waals surface area contributed by atoms with E-state index < -0.39 is 6.10 Å². The largest absolute Gasteiger partial charge is 0.479 e. The quantitative estimate of drug-likeness (QED) is 0.893. The minimum atomic E-state index is -0.516. The van der Waals surface area contributed by atoms with E-state index in [9.17, 15) is 9.59 Å². The van der Waals surface area contributed by atoms with Crippen molar-refractivity contribution in [2.24, 2.45) is 0 Å². The summed E-state index contributed by atoms with van der Waals surface area (Å²) in [7, 11) is 0. The van der Waals surface area contributed by atoms with Crippen LogP contribution < -0.4 is 15.0 Å². The molecule has 2 aliphatic rings. The Bertz CT molecular complexity index is 610. The summed E-state index contributed by atoms with van der Waals surface area (Å²) < 4.78 is 5.62. The number of rotatable bonds is 3. The van der Waals surface area contributed by atoms with Crippen LogP contribution in [0.3, 0.4) is 0 Å². The third kappa shape index (κ3) is 3.65. The number of nitrogens with zero attached hydrogens (tertiary/aromatic N) is 2. The predicted octanol–water partition coefficient (Wildman–Crippen LogP) is 1.43. The summed E-state index contributed by atoms with van der Waals surface area (Å²) in [6.45, 7) is 6.55. The van der Waals surface area contributed by atoms with Gasteiger partial charge in [-0.2, -0.15) is 0 Å². The van der Waals surface area contributed by atoms with E-state index in [4.69, 9.17) is 4.74 Å². The highest BCUT2D eigenvalue weighted by Gasteiger charge is 2.32. The van der Waals surface area contributed by atoms with Crippen molar-refractivity contribution >= 4 is 29.9 Å². The van der Waals surface area contributed by atoms with Crippen molar-refractivity contribution in [3.8, 4) is 5.75 Å². The fourth-order valence-corrected chi connectivity index (χ4v) is 3.15. The van der Waals surface area contributed by atoms with Gasteiger partial charge in [0.1, 0.15) is 5.75 Å². The first-order valence-corrected chi connectivity index (χ1v) is 8.15. The first kappa shape index (κ1) is 18.5. The van der Waals surface area contributed by atoms with Crippen LogP contribution in [0.15, 0.2) is 24.3 Å². The van der Waals surface area contributed by atoms with E-state index in [1.807, 2.05) is 36.1 Å². The van der Waals surface area contributed by atoms with E-state index in [2.05, 4.69) is 5.32 Å². The molecule has 0 spiro atoms. The molecule has 1 saturated heterocycles. The smallest absolute Gasteiger partial charge is 0.267 e. The van der Waals surface area contributed by atoms with Crippen molar-refractivity contribution in [1.82, 2.24) is 10.2 Å². The molecule has 0 radical (unpaired) electrons. The molecule has 0 bridgehead atoms. The topological polar surface area (TPSA) is 61.9 Å². The van der Waals surface area contributed by atoms with Gasteiger partial charge in [-0.05, 0) is 26.0 Å². The number of fused-ring (bicyclic) bond motifs is 1. The molecule has 2 amide bonds. The van der Waals surface area contributed by atoms with Crippen LogP contribution >= 0.6 is 12.4 Å². The molecule has 6 nitrogen and oxygen atoms in total. The molecule has 3 rings (SSSR count). The van der Waals surface area contributed by atoms with Crippen LogP contribution in [0.4, 0.5) is 5.69 Å². The predicted molar refractivity (Wildman–Crippen MR) is 94.8 cm³/mol. The maximum absolute atomic E-state index is 12.5. The molecule has 0 aliphatic carbocycles. The average molecular weight is 354 g/mol. The van der Waals surface area contributed by atoms with E-state index in [0.29, 0.717) is 18.7 Å². The number of carbonyl (C=O) groups is 2. The van der Waals surface area contributed by atoms with Crippen LogP contribution in [0.2, 0.25) is 0 Å². The van der Waals surface area contributed by atoms with E-state index in [1.165, 1.54) is 0 Å². The van der Waals surface area contributed by atoms with Crippen molar-refractivity contribution in [1.29, 1.82) is 0 Å². The summed E-state index contributed by atoms with van der Waals surface area (Å²) in [5, 5.41) is 3.28. The van der Waals surface area contributed by atoms with Crippen LogP contribution in [0.5, 0.6) is 5.75 Å². The molecule has 2 atom stereocenters. The Morgan fingerprint density at radius 2 is 2.08 bits per heavy atom. The van der Waals surface area contributed by atoms with Gasteiger partial charge in [0.05, 0.1) is 5.69 Å². The monoisotopic (exact) mass is 353 g/mol. The summed E-state index contributed by atoms with van der Waals surface area (Å²) in [4.78, 5) is 28.5. The van der Waals surface area contributed by atoms with Crippen molar-refractivity contribution < 1.29 is 14.3 Å². The van der Waals surface area contributed by atoms with Gasteiger partial charge in [-0.25, -0.2) is 0 Å². The number of piperazine rings is 1. The number of nitrogens with one attached hydrogen (secondary N) is 1. The minimum absolute atomic E-state index is 0. The number of hydrogen-bond acceptors (Lipinski definition) is 4. The number of benzene rings is 1. The number of anilines is 1. The summed E-state index contributed by atoms with van der Waals surface area (Å²) in [6.07, 6.45) is -0.185. The standard InChI is InChI=1S/C17H23N3O3.ClH/c1-12-11-18-8-10-19(12)16(21)7-9-20-14-5-3-4-6-15(14)23-13(2)17(20)22;/h3-6,12-13,18H,7-11H2,1-2H3;1H/t12-,13?;/m1./s1. The molecule has 0 aromatic heterocycles. The summed E-state index contributed by atoms with van der Waals surface area (Å²) in [5.41, 5.74) is 0.747. The van der Waals surface area contributed by atoms with Gasteiger partial charge in [-0.15, -0.1) is 12.4 Å². The third-order valence-corrected chi connectivity index (χ3v) is 4.44. The molecule has 2 aliphatic heterocycles. The maximum atomic E-state index is 12.5. The van der Waals surface area contributed by atoms with Crippen molar-refractivity contribution in [2.45, 2.75) is 32.4 Å². The Hall–Kier alpha value is -1.79. The van der Waals surface area contributed by atoms with E-state index in [1.54, 1.807) is 11.8 Å². The molecule has 1 fully saturated rings. The fourth-order valence-electron chi connectivity index (χ4n) is 3.15. The van der Waals surface area contributed by atoms with Crippen molar-refractivity contribution in [2.75, 3.05) is 31.1 Å². The third-order valence-electron chi connectivity index (χ3n) is 4.44. The number of para-hydroxylation sites is 2. The van der Waals surface area contributed by atoms with E-state index >= 15 is 0 Å². The lowest BCUT2D eigenvalue weighted by Crippen LogP contribution is -2.53. The molecule has 24 heavy (non-hydrogen) atoms.